The second kappa shape index (κ2) is 4.90. The minimum absolute atomic E-state index is 0.362. The lowest BCUT2D eigenvalue weighted by Gasteiger charge is -2.30. The summed E-state index contributed by atoms with van der Waals surface area (Å²) in [5, 5.41) is 13.6. The van der Waals surface area contributed by atoms with Gasteiger partial charge in [0.1, 0.15) is 5.75 Å². The van der Waals surface area contributed by atoms with Gasteiger partial charge in [-0.25, -0.2) is 0 Å². The van der Waals surface area contributed by atoms with Crippen LogP contribution in [0.3, 0.4) is 0 Å². The summed E-state index contributed by atoms with van der Waals surface area (Å²) < 4.78 is 5.58. The molecule has 0 saturated carbocycles. The summed E-state index contributed by atoms with van der Waals surface area (Å²) in [5.74, 6) is 0.456. The molecule has 98 valence electrons. The summed E-state index contributed by atoms with van der Waals surface area (Å²) in [4.78, 5) is 0. The van der Waals surface area contributed by atoms with Gasteiger partial charge >= 0.3 is 0 Å². The summed E-state index contributed by atoms with van der Waals surface area (Å²) >= 11 is 0. The van der Waals surface area contributed by atoms with Gasteiger partial charge in [0, 0.05) is 18.7 Å². The number of nitrogens with one attached hydrogen (secondary N) is 1. The van der Waals surface area contributed by atoms with Crippen molar-refractivity contribution in [1.82, 2.24) is 5.32 Å². The maximum absolute atomic E-state index is 9.85. The number of hydrogen-bond donors (Lipinski definition) is 2. The standard InChI is InChI=1S/C15H21NO2/c1-10-9-11(7-8-18-10)16-14-6-5-13-12(14)3-2-4-15(13)17/h2-4,10-11,14,16-17H,5-9H2,1H3. The number of ether oxygens (including phenoxy) is 1. The predicted molar refractivity (Wildman–Crippen MR) is 70.7 cm³/mol. The molecule has 0 amide bonds. The van der Waals surface area contributed by atoms with Crippen LogP contribution in [0.4, 0.5) is 0 Å². The zero-order chi connectivity index (χ0) is 12.5. The summed E-state index contributed by atoms with van der Waals surface area (Å²) in [5.41, 5.74) is 2.42. The zero-order valence-corrected chi connectivity index (χ0v) is 10.9. The number of hydrogen-bond acceptors (Lipinski definition) is 3. The highest BCUT2D eigenvalue weighted by molar-refractivity contribution is 5.44. The van der Waals surface area contributed by atoms with E-state index in [4.69, 9.17) is 4.74 Å². The smallest absolute Gasteiger partial charge is 0.119 e. The molecule has 1 saturated heterocycles. The van der Waals surface area contributed by atoms with Crippen LogP contribution in [0.25, 0.3) is 0 Å². The maximum Gasteiger partial charge on any atom is 0.119 e. The second-order valence-electron chi connectivity index (χ2n) is 5.51. The van der Waals surface area contributed by atoms with E-state index in [-0.39, 0.29) is 0 Å². The van der Waals surface area contributed by atoms with Gasteiger partial charge in [-0.05, 0) is 49.8 Å². The molecule has 1 heterocycles. The highest BCUT2D eigenvalue weighted by Gasteiger charge is 2.28. The van der Waals surface area contributed by atoms with E-state index >= 15 is 0 Å². The monoisotopic (exact) mass is 247 g/mol. The first-order valence-electron chi connectivity index (χ1n) is 6.92. The molecule has 1 aliphatic carbocycles. The van der Waals surface area contributed by atoms with Crippen LogP contribution in [0, 0.1) is 0 Å². The van der Waals surface area contributed by atoms with Crippen molar-refractivity contribution in [3.05, 3.63) is 29.3 Å². The largest absolute Gasteiger partial charge is 0.508 e. The Balaban J connectivity index is 1.71. The minimum Gasteiger partial charge on any atom is -0.508 e. The Morgan fingerprint density at radius 3 is 3.06 bits per heavy atom. The van der Waals surface area contributed by atoms with Crippen LogP contribution in [0.1, 0.15) is 43.4 Å². The summed E-state index contributed by atoms with van der Waals surface area (Å²) in [6.07, 6.45) is 4.62. The molecule has 3 heteroatoms. The molecular formula is C15H21NO2. The van der Waals surface area contributed by atoms with Gasteiger partial charge in [-0.1, -0.05) is 12.1 Å². The second-order valence-corrected chi connectivity index (χ2v) is 5.51. The van der Waals surface area contributed by atoms with Gasteiger partial charge in [-0.2, -0.15) is 0 Å². The fourth-order valence-electron chi connectivity index (χ4n) is 3.24. The van der Waals surface area contributed by atoms with Gasteiger partial charge in [-0.15, -0.1) is 0 Å². The number of phenols is 1. The van der Waals surface area contributed by atoms with Crippen LogP contribution in [0.15, 0.2) is 18.2 Å². The fourth-order valence-corrected chi connectivity index (χ4v) is 3.24. The Morgan fingerprint density at radius 1 is 1.33 bits per heavy atom. The SMILES string of the molecule is CC1CC(NC2CCc3c(O)cccc32)CCO1. The number of fused-ring (bicyclic) bond motifs is 1. The van der Waals surface area contributed by atoms with Crippen molar-refractivity contribution < 1.29 is 9.84 Å². The fraction of sp³-hybridized carbons (Fsp3) is 0.600. The molecule has 0 spiro atoms. The van der Waals surface area contributed by atoms with Crippen LogP contribution in [-0.2, 0) is 11.2 Å². The quantitative estimate of drug-likeness (QED) is 0.844. The van der Waals surface area contributed by atoms with E-state index in [0.717, 1.165) is 37.9 Å². The molecule has 1 aromatic carbocycles. The first-order chi connectivity index (χ1) is 8.74. The average molecular weight is 247 g/mol. The molecule has 3 nitrogen and oxygen atoms in total. The molecule has 1 fully saturated rings. The van der Waals surface area contributed by atoms with Crippen LogP contribution < -0.4 is 5.32 Å². The zero-order valence-electron chi connectivity index (χ0n) is 10.9. The van der Waals surface area contributed by atoms with E-state index < -0.39 is 0 Å². The molecule has 1 aromatic rings. The summed E-state index contributed by atoms with van der Waals surface area (Å²) in [6, 6.07) is 6.83. The molecule has 1 aliphatic heterocycles. The molecule has 2 N–H and O–H groups in total. The lowest BCUT2D eigenvalue weighted by atomic mass is 10.0. The predicted octanol–water partition coefficient (Wildman–Crippen LogP) is 2.54. The Labute approximate surface area is 108 Å². The first kappa shape index (κ1) is 12.0. The van der Waals surface area contributed by atoms with Crippen molar-refractivity contribution in [3.8, 4) is 5.75 Å². The summed E-state index contributed by atoms with van der Waals surface area (Å²) in [6.45, 7) is 3.00. The van der Waals surface area contributed by atoms with E-state index in [2.05, 4.69) is 18.3 Å². The molecule has 3 rings (SSSR count). The minimum atomic E-state index is 0.362. The van der Waals surface area contributed by atoms with Crippen molar-refractivity contribution >= 4 is 0 Å². The molecule has 0 bridgehead atoms. The topological polar surface area (TPSA) is 41.5 Å². The number of benzene rings is 1. The Bertz CT molecular complexity index is 433. The number of aromatic hydroxyl groups is 1. The van der Waals surface area contributed by atoms with Crippen LogP contribution in [-0.4, -0.2) is 23.9 Å². The molecule has 3 atom stereocenters. The third-order valence-corrected chi connectivity index (χ3v) is 4.17. The van der Waals surface area contributed by atoms with Crippen molar-refractivity contribution in [1.29, 1.82) is 0 Å². The van der Waals surface area contributed by atoms with E-state index in [9.17, 15) is 5.11 Å². The van der Waals surface area contributed by atoms with E-state index in [1.54, 1.807) is 6.07 Å². The average Bonchev–Trinajstić information content (AvgIpc) is 2.74. The van der Waals surface area contributed by atoms with Crippen LogP contribution in [0.2, 0.25) is 0 Å². The maximum atomic E-state index is 9.85. The lowest BCUT2D eigenvalue weighted by Crippen LogP contribution is -2.39. The van der Waals surface area contributed by atoms with Gasteiger partial charge in [0.05, 0.1) is 6.10 Å². The normalized spacial score (nSPS) is 31.3. The van der Waals surface area contributed by atoms with E-state index in [0.29, 0.717) is 23.9 Å². The van der Waals surface area contributed by atoms with Crippen molar-refractivity contribution in [3.63, 3.8) is 0 Å². The highest BCUT2D eigenvalue weighted by Crippen LogP contribution is 2.37. The molecule has 3 unspecified atom stereocenters. The third-order valence-electron chi connectivity index (χ3n) is 4.17. The molecule has 2 aliphatic rings. The Kier molecular flexibility index (Phi) is 3.27. The van der Waals surface area contributed by atoms with E-state index in [1.807, 2.05) is 6.07 Å². The van der Waals surface area contributed by atoms with Gasteiger partial charge < -0.3 is 15.2 Å². The number of rotatable bonds is 2. The Morgan fingerprint density at radius 2 is 2.22 bits per heavy atom. The van der Waals surface area contributed by atoms with Crippen LogP contribution >= 0.6 is 0 Å². The van der Waals surface area contributed by atoms with Crippen molar-refractivity contribution in [2.75, 3.05) is 6.61 Å². The van der Waals surface area contributed by atoms with Crippen LogP contribution in [0.5, 0.6) is 5.75 Å². The van der Waals surface area contributed by atoms with Gasteiger partial charge in [0.15, 0.2) is 0 Å². The lowest BCUT2D eigenvalue weighted by molar-refractivity contribution is 0.0112. The highest BCUT2D eigenvalue weighted by atomic mass is 16.5. The molecular weight excluding hydrogens is 226 g/mol. The van der Waals surface area contributed by atoms with E-state index in [1.165, 1.54) is 5.56 Å². The van der Waals surface area contributed by atoms with Crippen molar-refractivity contribution in [2.45, 2.75) is 50.8 Å². The molecule has 18 heavy (non-hydrogen) atoms. The van der Waals surface area contributed by atoms with Crippen molar-refractivity contribution in [2.24, 2.45) is 0 Å². The molecule has 0 aromatic heterocycles. The van der Waals surface area contributed by atoms with Gasteiger partial charge in [-0.3, -0.25) is 0 Å². The summed E-state index contributed by atoms with van der Waals surface area (Å²) in [7, 11) is 0. The van der Waals surface area contributed by atoms with Gasteiger partial charge in [0.2, 0.25) is 0 Å². The van der Waals surface area contributed by atoms with Gasteiger partial charge in [0.25, 0.3) is 0 Å². The Hall–Kier alpha value is -1.06. The number of phenolic OH excluding ortho intramolecular Hbond substituents is 1. The first-order valence-corrected chi connectivity index (χ1v) is 6.92. The molecule has 0 radical (unpaired) electrons. The third kappa shape index (κ3) is 2.25.